The normalized spacial score (nSPS) is 21.4. The molecule has 0 radical (unpaired) electrons. The number of hydrogen-bond donors (Lipinski definition) is 1. The zero-order valence-electron chi connectivity index (χ0n) is 13.5. The number of rotatable bonds is 5. The zero-order chi connectivity index (χ0) is 16.4. The maximum atomic E-state index is 6.03. The van der Waals surface area contributed by atoms with E-state index in [-0.39, 0.29) is 0 Å². The van der Waals surface area contributed by atoms with Crippen molar-refractivity contribution >= 4 is 11.3 Å². The predicted molar refractivity (Wildman–Crippen MR) is 96.8 cm³/mol. The molecule has 2 N–H and O–H groups in total. The standard InChI is InChI=1S/C19H21N3OS/c20-8-16-9-22(11-18(16)14-4-2-1-3-5-14)10-17-13-24-19(21-17)15-6-7-23-12-15/h1-7,12-13,16,18H,8-11,20H2/t16-,18+/m1/s1. The molecule has 0 saturated carbocycles. The van der Waals surface area contributed by atoms with Crippen molar-refractivity contribution in [1.82, 2.24) is 9.88 Å². The Morgan fingerprint density at radius 3 is 2.83 bits per heavy atom. The molecule has 4 nitrogen and oxygen atoms in total. The summed E-state index contributed by atoms with van der Waals surface area (Å²) in [6.07, 6.45) is 3.43. The molecule has 3 heterocycles. The van der Waals surface area contributed by atoms with Crippen molar-refractivity contribution < 1.29 is 4.42 Å². The number of furan rings is 1. The molecule has 0 aliphatic carbocycles. The molecule has 1 aliphatic rings. The Bertz CT molecular complexity index is 769. The molecular weight excluding hydrogens is 318 g/mol. The minimum atomic E-state index is 0.513. The van der Waals surface area contributed by atoms with Crippen molar-refractivity contribution in [3.8, 4) is 10.6 Å². The van der Waals surface area contributed by atoms with Crippen LogP contribution in [0.1, 0.15) is 17.2 Å². The lowest BCUT2D eigenvalue weighted by molar-refractivity contribution is 0.314. The average molecular weight is 339 g/mol. The average Bonchev–Trinajstić information content (AvgIpc) is 3.36. The molecule has 1 aromatic carbocycles. The van der Waals surface area contributed by atoms with Crippen LogP contribution >= 0.6 is 11.3 Å². The number of nitrogens with zero attached hydrogens (tertiary/aromatic N) is 2. The smallest absolute Gasteiger partial charge is 0.126 e. The van der Waals surface area contributed by atoms with Gasteiger partial charge in [-0.25, -0.2) is 4.98 Å². The highest BCUT2D eigenvalue weighted by molar-refractivity contribution is 7.13. The first kappa shape index (κ1) is 15.6. The fraction of sp³-hybridized carbons (Fsp3) is 0.316. The maximum Gasteiger partial charge on any atom is 0.126 e. The van der Waals surface area contributed by atoms with Gasteiger partial charge in [0.15, 0.2) is 0 Å². The van der Waals surface area contributed by atoms with Crippen LogP contribution in [-0.2, 0) is 6.54 Å². The first-order valence-electron chi connectivity index (χ1n) is 8.28. The molecule has 1 aliphatic heterocycles. The Morgan fingerprint density at radius 1 is 1.21 bits per heavy atom. The SMILES string of the molecule is NC[C@@H]1CN(Cc2csc(-c3ccoc3)n2)C[C@H]1c1ccccc1. The summed E-state index contributed by atoms with van der Waals surface area (Å²) in [5.74, 6) is 1.03. The molecule has 124 valence electrons. The number of hydrogen-bond acceptors (Lipinski definition) is 5. The lowest BCUT2D eigenvalue weighted by Crippen LogP contribution is -2.23. The van der Waals surface area contributed by atoms with Crippen LogP contribution in [-0.4, -0.2) is 29.5 Å². The van der Waals surface area contributed by atoms with Crippen LogP contribution in [0.2, 0.25) is 0 Å². The van der Waals surface area contributed by atoms with Gasteiger partial charge in [0, 0.05) is 36.5 Å². The summed E-state index contributed by atoms with van der Waals surface area (Å²) >= 11 is 1.67. The number of nitrogens with two attached hydrogens (primary N) is 1. The van der Waals surface area contributed by atoms with Gasteiger partial charge in [0.1, 0.15) is 11.3 Å². The molecule has 1 fully saturated rings. The highest BCUT2D eigenvalue weighted by atomic mass is 32.1. The van der Waals surface area contributed by atoms with Gasteiger partial charge in [0.25, 0.3) is 0 Å². The number of likely N-dealkylation sites (tertiary alicyclic amines) is 1. The summed E-state index contributed by atoms with van der Waals surface area (Å²) in [6, 6.07) is 12.7. The molecule has 2 aromatic heterocycles. The first-order valence-corrected chi connectivity index (χ1v) is 9.16. The number of aromatic nitrogens is 1. The van der Waals surface area contributed by atoms with Gasteiger partial charge >= 0.3 is 0 Å². The van der Waals surface area contributed by atoms with E-state index < -0.39 is 0 Å². The molecule has 5 heteroatoms. The van der Waals surface area contributed by atoms with E-state index in [1.807, 2.05) is 6.07 Å². The third kappa shape index (κ3) is 3.15. The van der Waals surface area contributed by atoms with Crippen molar-refractivity contribution in [1.29, 1.82) is 0 Å². The van der Waals surface area contributed by atoms with E-state index in [0.717, 1.165) is 42.4 Å². The van der Waals surface area contributed by atoms with Gasteiger partial charge in [-0.3, -0.25) is 4.90 Å². The van der Waals surface area contributed by atoms with Crippen LogP contribution < -0.4 is 5.73 Å². The van der Waals surface area contributed by atoms with E-state index in [2.05, 4.69) is 40.6 Å². The van der Waals surface area contributed by atoms with Crippen LogP contribution in [0, 0.1) is 5.92 Å². The molecule has 2 atom stereocenters. The molecule has 0 unspecified atom stereocenters. The predicted octanol–water partition coefficient (Wildman–Crippen LogP) is 3.58. The second kappa shape index (κ2) is 6.89. The Balaban J connectivity index is 1.46. The van der Waals surface area contributed by atoms with Gasteiger partial charge in [0.2, 0.25) is 0 Å². The van der Waals surface area contributed by atoms with Crippen molar-refractivity contribution in [2.45, 2.75) is 12.5 Å². The van der Waals surface area contributed by atoms with Crippen molar-refractivity contribution in [2.24, 2.45) is 11.7 Å². The van der Waals surface area contributed by atoms with Crippen LogP contribution in [0.4, 0.5) is 0 Å². The molecule has 4 rings (SSSR count). The summed E-state index contributed by atoms with van der Waals surface area (Å²) < 4.78 is 5.15. The molecule has 24 heavy (non-hydrogen) atoms. The highest BCUT2D eigenvalue weighted by Gasteiger charge is 2.32. The Labute approximate surface area is 145 Å². The molecule has 3 aromatic rings. The highest BCUT2D eigenvalue weighted by Crippen LogP contribution is 2.33. The molecule has 0 spiro atoms. The second-order valence-electron chi connectivity index (χ2n) is 6.36. The zero-order valence-corrected chi connectivity index (χ0v) is 14.3. The van der Waals surface area contributed by atoms with E-state index in [9.17, 15) is 0 Å². The van der Waals surface area contributed by atoms with E-state index >= 15 is 0 Å². The van der Waals surface area contributed by atoms with Crippen molar-refractivity contribution in [2.75, 3.05) is 19.6 Å². The Morgan fingerprint density at radius 2 is 2.08 bits per heavy atom. The third-order valence-corrected chi connectivity index (χ3v) is 5.69. The number of benzene rings is 1. The molecule has 0 amide bonds. The Hall–Kier alpha value is -1.95. The van der Waals surface area contributed by atoms with Crippen molar-refractivity contribution in [3.63, 3.8) is 0 Å². The van der Waals surface area contributed by atoms with Gasteiger partial charge in [-0.1, -0.05) is 30.3 Å². The van der Waals surface area contributed by atoms with Gasteiger partial charge in [-0.2, -0.15) is 0 Å². The van der Waals surface area contributed by atoms with Gasteiger partial charge < -0.3 is 10.2 Å². The summed E-state index contributed by atoms with van der Waals surface area (Å²) in [4.78, 5) is 7.23. The lowest BCUT2D eigenvalue weighted by Gasteiger charge is -2.16. The maximum absolute atomic E-state index is 6.03. The van der Waals surface area contributed by atoms with E-state index in [1.165, 1.54) is 5.56 Å². The summed E-state index contributed by atoms with van der Waals surface area (Å²) in [5.41, 5.74) is 9.61. The largest absolute Gasteiger partial charge is 0.472 e. The monoisotopic (exact) mass is 339 g/mol. The lowest BCUT2D eigenvalue weighted by atomic mass is 9.89. The summed E-state index contributed by atoms with van der Waals surface area (Å²) in [7, 11) is 0. The minimum absolute atomic E-state index is 0.513. The summed E-state index contributed by atoms with van der Waals surface area (Å²) in [5, 5.41) is 3.17. The molecular formula is C19H21N3OS. The van der Waals surface area contributed by atoms with Crippen LogP contribution in [0.25, 0.3) is 10.6 Å². The number of thiazole rings is 1. The Kier molecular flexibility index (Phi) is 4.47. The fourth-order valence-corrected chi connectivity index (χ4v) is 4.33. The summed E-state index contributed by atoms with van der Waals surface area (Å²) in [6.45, 7) is 3.70. The van der Waals surface area contributed by atoms with E-state index in [0.29, 0.717) is 11.8 Å². The molecule has 0 bridgehead atoms. The first-order chi connectivity index (χ1) is 11.8. The van der Waals surface area contributed by atoms with Gasteiger partial charge in [-0.05, 0) is 24.1 Å². The van der Waals surface area contributed by atoms with E-state index in [4.69, 9.17) is 15.1 Å². The van der Waals surface area contributed by atoms with Crippen LogP contribution in [0.5, 0.6) is 0 Å². The van der Waals surface area contributed by atoms with E-state index in [1.54, 1.807) is 23.9 Å². The second-order valence-corrected chi connectivity index (χ2v) is 7.22. The minimum Gasteiger partial charge on any atom is -0.472 e. The molecule has 1 saturated heterocycles. The van der Waals surface area contributed by atoms with Crippen LogP contribution in [0.15, 0.2) is 58.7 Å². The van der Waals surface area contributed by atoms with Gasteiger partial charge in [-0.15, -0.1) is 11.3 Å². The van der Waals surface area contributed by atoms with Gasteiger partial charge in [0.05, 0.1) is 12.0 Å². The third-order valence-electron chi connectivity index (χ3n) is 4.75. The van der Waals surface area contributed by atoms with Crippen LogP contribution in [0.3, 0.4) is 0 Å². The fourth-order valence-electron chi connectivity index (χ4n) is 3.53. The topological polar surface area (TPSA) is 55.3 Å². The van der Waals surface area contributed by atoms with Crippen molar-refractivity contribution in [3.05, 3.63) is 65.6 Å². The quantitative estimate of drug-likeness (QED) is 0.772.